The standard InChI is InChI=1S/C7H10N4/c1-5-8-3-6-4-9-11(2)7(6)10-5/h4H,3H2,1-2H3,(H,8,10). The van der Waals surface area contributed by atoms with Crippen LogP contribution >= 0.6 is 0 Å². The molecule has 0 radical (unpaired) electrons. The molecule has 58 valence electrons. The highest BCUT2D eigenvalue weighted by atomic mass is 15.3. The Kier molecular flexibility index (Phi) is 1.21. The van der Waals surface area contributed by atoms with Gasteiger partial charge in [0.1, 0.15) is 5.84 Å². The van der Waals surface area contributed by atoms with Crippen molar-refractivity contribution in [2.75, 3.05) is 0 Å². The lowest BCUT2D eigenvalue weighted by Crippen LogP contribution is -2.22. The van der Waals surface area contributed by atoms with Crippen LogP contribution in [0.5, 0.6) is 0 Å². The fourth-order valence-corrected chi connectivity index (χ4v) is 1.17. The smallest absolute Gasteiger partial charge is 0.157 e. The molecule has 0 saturated carbocycles. The summed E-state index contributed by atoms with van der Waals surface area (Å²) < 4.78 is 1.79. The first kappa shape index (κ1) is 6.39. The molecule has 2 heterocycles. The maximum atomic E-state index is 4.31. The normalized spacial score (nSPS) is 15.3. The monoisotopic (exact) mass is 150 g/mol. The molecule has 2 rings (SSSR count). The number of aryl methyl sites for hydroxylation is 1. The van der Waals surface area contributed by atoms with Crippen LogP contribution in [0.4, 0.5) is 5.82 Å². The third kappa shape index (κ3) is 0.906. The summed E-state index contributed by atoms with van der Waals surface area (Å²) in [6, 6.07) is 0. The maximum Gasteiger partial charge on any atom is 0.157 e. The van der Waals surface area contributed by atoms with Crippen molar-refractivity contribution in [1.82, 2.24) is 15.1 Å². The first-order valence-electron chi connectivity index (χ1n) is 3.57. The maximum absolute atomic E-state index is 4.31. The third-order valence-electron chi connectivity index (χ3n) is 1.79. The zero-order valence-corrected chi connectivity index (χ0v) is 6.63. The molecule has 0 unspecified atom stereocenters. The Labute approximate surface area is 64.9 Å². The molecule has 4 nitrogen and oxygen atoms in total. The Morgan fingerprint density at radius 1 is 1.64 bits per heavy atom. The van der Waals surface area contributed by atoms with Crippen molar-refractivity contribution in [1.29, 1.82) is 0 Å². The van der Waals surface area contributed by atoms with Gasteiger partial charge in [-0.05, 0) is 6.92 Å². The van der Waals surface area contributed by atoms with Crippen molar-refractivity contribution >= 4 is 11.7 Å². The minimum Gasteiger partial charge on any atom is -0.369 e. The SMILES string of the molecule is CC1=Nc2c(cnn2C)CN1. The summed E-state index contributed by atoms with van der Waals surface area (Å²) in [6.45, 7) is 2.80. The van der Waals surface area contributed by atoms with Gasteiger partial charge in [-0.15, -0.1) is 0 Å². The second-order valence-corrected chi connectivity index (χ2v) is 2.67. The van der Waals surface area contributed by atoms with E-state index in [1.54, 1.807) is 4.68 Å². The van der Waals surface area contributed by atoms with Crippen LogP contribution in [0, 0.1) is 0 Å². The fraction of sp³-hybridized carbons (Fsp3) is 0.429. The predicted molar refractivity (Wildman–Crippen MR) is 42.8 cm³/mol. The minimum atomic E-state index is 0.846. The van der Waals surface area contributed by atoms with Gasteiger partial charge in [-0.1, -0.05) is 0 Å². The zero-order chi connectivity index (χ0) is 7.84. The molecule has 1 aliphatic rings. The van der Waals surface area contributed by atoms with Crippen molar-refractivity contribution in [3.8, 4) is 0 Å². The van der Waals surface area contributed by atoms with Gasteiger partial charge in [-0.25, -0.2) is 4.99 Å². The van der Waals surface area contributed by atoms with Gasteiger partial charge in [-0.2, -0.15) is 5.10 Å². The lowest BCUT2D eigenvalue weighted by Gasteiger charge is -2.11. The van der Waals surface area contributed by atoms with E-state index in [9.17, 15) is 0 Å². The molecule has 1 N–H and O–H groups in total. The molecule has 1 aliphatic heterocycles. The van der Waals surface area contributed by atoms with Gasteiger partial charge >= 0.3 is 0 Å². The Hall–Kier alpha value is -1.32. The first-order chi connectivity index (χ1) is 5.27. The van der Waals surface area contributed by atoms with E-state index in [2.05, 4.69) is 15.4 Å². The van der Waals surface area contributed by atoms with E-state index >= 15 is 0 Å². The summed E-state index contributed by atoms with van der Waals surface area (Å²) in [5, 5.41) is 7.25. The lowest BCUT2D eigenvalue weighted by atomic mass is 10.3. The highest BCUT2D eigenvalue weighted by molar-refractivity contribution is 5.83. The molecule has 0 fully saturated rings. The quantitative estimate of drug-likeness (QED) is 0.587. The topological polar surface area (TPSA) is 42.2 Å². The van der Waals surface area contributed by atoms with Crippen LogP contribution in [0.3, 0.4) is 0 Å². The number of fused-ring (bicyclic) bond motifs is 1. The summed E-state index contributed by atoms with van der Waals surface area (Å²) in [5.74, 6) is 1.93. The molecule has 4 heteroatoms. The van der Waals surface area contributed by atoms with E-state index in [0.717, 1.165) is 23.8 Å². The van der Waals surface area contributed by atoms with Gasteiger partial charge in [0, 0.05) is 19.2 Å². The largest absolute Gasteiger partial charge is 0.369 e. The Bertz CT molecular complexity index is 310. The molecular weight excluding hydrogens is 140 g/mol. The van der Waals surface area contributed by atoms with Gasteiger partial charge in [-0.3, -0.25) is 4.68 Å². The first-order valence-corrected chi connectivity index (χ1v) is 3.57. The summed E-state index contributed by atoms with van der Waals surface area (Å²) in [4.78, 5) is 4.31. The molecule has 1 aromatic heterocycles. The molecule has 0 atom stereocenters. The molecular formula is C7H10N4. The third-order valence-corrected chi connectivity index (χ3v) is 1.79. The molecule has 0 aliphatic carbocycles. The van der Waals surface area contributed by atoms with E-state index in [1.807, 2.05) is 20.2 Å². The molecule has 0 bridgehead atoms. The van der Waals surface area contributed by atoms with Gasteiger partial charge < -0.3 is 5.32 Å². The molecule has 0 saturated heterocycles. The number of amidine groups is 1. The van der Waals surface area contributed by atoms with Gasteiger partial charge in [0.2, 0.25) is 0 Å². The Morgan fingerprint density at radius 2 is 2.45 bits per heavy atom. The lowest BCUT2D eigenvalue weighted by molar-refractivity contribution is 0.763. The van der Waals surface area contributed by atoms with Crippen molar-refractivity contribution in [3.63, 3.8) is 0 Å². The minimum absolute atomic E-state index is 0.846. The van der Waals surface area contributed by atoms with Crippen LogP contribution in [-0.2, 0) is 13.6 Å². The molecule has 0 spiro atoms. The Balaban J connectivity index is 2.55. The van der Waals surface area contributed by atoms with Gasteiger partial charge in [0.05, 0.1) is 6.20 Å². The predicted octanol–water partition coefficient (Wildman–Crippen LogP) is 0.573. The number of aliphatic imine (C=N–C) groups is 1. The number of rotatable bonds is 0. The summed E-state index contributed by atoms with van der Waals surface area (Å²) >= 11 is 0. The summed E-state index contributed by atoms with van der Waals surface area (Å²) in [7, 11) is 1.90. The number of nitrogens with zero attached hydrogens (tertiary/aromatic N) is 3. The van der Waals surface area contributed by atoms with E-state index in [0.29, 0.717) is 0 Å². The van der Waals surface area contributed by atoms with Gasteiger partial charge in [0.25, 0.3) is 0 Å². The van der Waals surface area contributed by atoms with E-state index in [-0.39, 0.29) is 0 Å². The van der Waals surface area contributed by atoms with E-state index in [1.165, 1.54) is 0 Å². The zero-order valence-electron chi connectivity index (χ0n) is 6.63. The average Bonchev–Trinajstić information content (AvgIpc) is 2.33. The number of hydrogen-bond donors (Lipinski definition) is 1. The van der Waals surface area contributed by atoms with Crippen LogP contribution < -0.4 is 5.32 Å². The summed E-state index contributed by atoms with van der Waals surface area (Å²) in [5.41, 5.74) is 1.16. The highest BCUT2D eigenvalue weighted by Gasteiger charge is 2.11. The van der Waals surface area contributed by atoms with Crippen LogP contribution in [0.25, 0.3) is 0 Å². The Morgan fingerprint density at radius 3 is 3.27 bits per heavy atom. The van der Waals surface area contributed by atoms with Crippen molar-refractivity contribution in [3.05, 3.63) is 11.8 Å². The van der Waals surface area contributed by atoms with Crippen LogP contribution in [-0.4, -0.2) is 15.6 Å². The van der Waals surface area contributed by atoms with E-state index in [4.69, 9.17) is 0 Å². The summed E-state index contributed by atoms with van der Waals surface area (Å²) in [6.07, 6.45) is 1.85. The number of aromatic nitrogens is 2. The van der Waals surface area contributed by atoms with Crippen molar-refractivity contribution in [2.24, 2.45) is 12.0 Å². The van der Waals surface area contributed by atoms with Gasteiger partial charge in [0.15, 0.2) is 5.82 Å². The second-order valence-electron chi connectivity index (χ2n) is 2.67. The molecule has 1 aromatic rings. The van der Waals surface area contributed by atoms with Crippen molar-refractivity contribution < 1.29 is 0 Å². The molecule has 0 amide bonds. The second kappa shape index (κ2) is 2.08. The molecule has 0 aromatic carbocycles. The van der Waals surface area contributed by atoms with Crippen LogP contribution in [0.1, 0.15) is 12.5 Å². The van der Waals surface area contributed by atoms with E-state index < -0.39 is 0 Å². The van der Waals surface area contributed by atoms with Crippen LogP contribution in [0.2, 0.25) is 0 Å². The highest BCUT2D eigenvalue weighted by Crippen LogP contribution is 2.20. The fourth-order valence-electron chi connectivity index (χ4n) is 1.17. The average molecular weight is 150 g/mol. The van der Waals surface area contributed by atoms with Crippen LogP contribution in [0.15, 0.2) is 11.2 Å². The van der Waals surface area contributed by atoms with Crippen molar-refractivity contribution in [2.45, 2.75) is 13.5 Å². The molecule has 11 heavy (non-hydrogen) atoms. The number of hydrogen-bond acceptors (Lipinski definition) is 3. The number of nitrogens with one attached hydrogen (secondary N) is 1.